The summed E-state index contributed by atoms with van der Waals surface area (Å²) in [7, 11) is 0. The Morgan fingerprint density at radius 3 is 2.60 bits per heavy atom. The van der Waals surface area contributed by atoms with Crippen molar-refractivity contribution >= 4 is 24.4 Å². The van der Waals surface area contributed by atoms with Crippen molar-refractivity contribution in [3.05, 3.63) is 0 Å². The number of thiol groups is 1. The Hall–Kier alpha value is -0.710. The van der Waals surface area contributed by atoms with Gasteiger partial charge in [-0.1, -0.05) is 0 Å². The zero-order valence-corrected chi connectivity index (χ0v) is 9.58. The Kier molecular flexibility index (Phi) is 3.19. The van der Waals surface area contributed by atoms with E-state index in [4.69, 9.17) is 0 Å². The van der Waals surface area contributed by atoms with Crippen LogP contribution in [0.5, 0.6) is 0 Å². The number of amides is 2. The molecule has 2 fully saturated rings. The van der Waals surface area contributed by atoms with E-state index in [0.717, 1.165) is 25.9 Å². The number of rotatable bonds is 2. The molecule has 0 bridgehead atoms. The minimum atomic E-state index is 0.0579. The fraction of sp³-hybridized carbons (Fsp3) is 0.800. The zero-order valence-electron chi connectivity index (χ0n) is 8.69. The van der Waals surface area contributed by atoms with Crippen LogP contribution in [0.1, 0.15) is 19.3 Å². The molecular formula is C10H16N2O2S. The SMILES string of the molecule is O=C(CN1CC(S)CC1=O)N1CCCC1. The molecule has 2 aliphatic heterocycles. The largest absolute Gasteiger partial charge is 0.341 e. The lowest BCUT2D eigenvalue weighted by Gasteiger charge is -2.20. The summed E-state index contributed by atoms with van der Waals surface area (Å²) in [5.74, 6) is 0.144. The van der Waals surface area contributed by atoms with Gasteiger partial charge in [-0.05, 0) is 12.8 Å². The molecule has 0 radical (unpaired) electrons. The van der Waals surface area contributed by atoms with Gasteiger partial charge in [-0.25, -0.2) is 0 Å². The van der Waals surface area contributed by atoms with Gasteiger partial charge in [-0.3, -0.25) is 9.59 Å². The molecule has 1 unspecified atom stereocenters. The minimum absolute atomic E-state index is 0.0579. The maximum atomic E-state index is 11.8. The van der Waals surface area contributed by atoms with Crippen molar-refractivity contribution in [2.45, 2.75) is 24.5 Å². The fourth-order valence-electron chi connectivity index (χ4n) is 2.13. The second kappa shape index (κ2) is 4.43. The maximum Gasteiger partial charge on any atom is 0.242 e. The molecule has 2 amide bonds. The van der Waals surface area contributed by atoms with Gasteiger partial charge in [0.05, 0.1) is 6.54 Å². The molecule has 2 rings (SSSR count). The van der Waals surface area contributed by atoms with Crippen LogP contribution in [0.2, 0.25) is 0 Å². The molecule has 5 heteroatoms. The Labute approximate surface area is 95.0 Å². The van der Waals surface area contributed by atoms with Crippen molar-refractivity contribution in [2.75, 3.05) is 26.2 Å². The Morgan fingerprint density at radius 1 is 1.40 bits per heavy atom. The number of likely N-dealkylation sites (tertiary alicyclic amines) is 2. The number of nitrogens with zero attached hydrogens (tertiary/aromatic N) is 2. The number of hydrogen-bond donors (Lipinski definition) is 1. The van der Waals surface area contributed by atoms with E-state index in [1.165, 1.54) is 0 Å². The van der Waals surface area contributed by atoms with Crippen LogP contribution in [0, 0.1) is 0 Å². The smallest absolute Gasteiger partial charge is 0.242 e. The van der Waals surface area contributed by atoms with Gasteiger partial charge in [-0.2, -0.15) is 12.6 Å². The first-order chi connectivity index (χ1) is 7.16. The maximum absolute atomic E-state index is 11.8. The molecule has 4 nitrogen and oxygen atoms in total. The van der Waals surface area contributed by atoms with Gasteiger partial charge in [0.2, 0.25) is 11.8 Å². The standard InChI is InChI=1S/C10H16N2O2S/c13-9-5-8(15)6-12(9)7-10(14)11-3-1-2-4-11/h8,15H,1-7H2. The molecule has 2 aliphatic rings. The lowest BCUT2D eigenvalue weighted by molar-refractivity contribution is -0.137. The highest BCUT2D eigenvalue weighted by Gasteiger charge is 2.30. The summed E-state index contributed by atoms with van der Waals surface area (Å²) < 4.78 is 0. The van der Waals surface area contributed by atoms with Crippen LogP contribution >= 0.6 is 12.6 Å². The lowest BCUT2D eigenvalue weighted by Crippen LogP contribution is -2.39. The summed E-state index contributed by atoms with van der Waals surface area (Å²) in [6, 6.07) is 0. The highest BCUT2D eigenvalue weighted by molar-refractivity contribution is 7.81. The van der Waals surface area contributed by atoms with E-state index in [0.29, 0.717) is 13.0 Å². The average Bonchev–Trinajstić information content (AvgIpc) is 2.76. The van der Waals surface area contributed by atoms with Crippen molar-refractivity contribution in [2.24, 2.45) is 0 Å². The van der Waals surface area contributed by atoms with E-state index < -0.39 is 0 Å². The van der Waals surface area contributed by atoms with Crippen molar-refractivity contribution in [3.63, 3.8) is 0 Å². The van der Waals surface area contributed by atoms with Gasteiger partial charge in [0.15, 0.2) is 0 Å². The number of hydrogen-bond acceptors (Lipinski definition) is 3. The lowest BCUT2D eigenvalue weighted by atomic mass is 10.4. The molecular weight excluding hydrogens is 212 g/mol. The summed E-state index contributed by atoms with van der Waals surface area (Å²) in [5.41, 5.74) is 0. The highest BCUT2D eigenvalue weighted by Crippen LogP contribution is 2.16. The Balaban J connectivity index is 1.85. The van der Waals surface area contributed by atoms with Gasteiger partial charge >= 0.3 is 0 Å². The second-order valence-electron chi connectivity index (χ2n) is 4.22. The van der Waals surface area contributed by atoms with Crippen LogP contribution in [0.4, 0.5) is 0 Å². The van der Waals surface area contributed by atoms with E-state index in [-0.39, 0.29) is 23.6 Å². The monoisotopic (exact) mass is 228 g/mol. The molecule has 0 spiro atoms. The van der Waals surface area contributed by atoms with E-state index in [9.17, 15) is 9.59 Å². The van der Waals surface area contributed by atoms with Gasteiger partial charge in [0.1, 0.15) is 0 Å². The summed E-state index contributed by atoms with van der Waals surface area (Å²) in [6.45, 7) is 2.56. The molecule has 0 N–H and O–H groups in total. The molecule has 2 saturated heterocycles. The first-order valence-corrected chi connectivity index (χ1v) is 5.92. The van der Waals surface area contributed by atoms with Crippen molar-refractivity contribution in [1.29, 1.82) is 0 Å². The summed E-state index contributed by atoms with van der Waals surface area (Å²) in [6.07, 6.45) is 2.65. The van der Waals surface area contributed by atoms with Crippen LogP contribution in [0.3, 0.4) is 0 Å². The molecule has 15 heavy (non-hydrogen) atoms. The van der Waals surface area contributed by atoms with Crippen LogP contribution in [0.25, 0.3) is 0 Å². The van der Waals surface area contributed by atoms with Gasteiger partial charge in [-0.15, -0.1) is 0 Å². The van der Waals surface area contributed by atoms with Crippen LogP contribution in [0.15, 0.2) is 0 Å². The van der Waals surface area contributed by atoms with Crippen LogP contribution in [-0.2, 0) is 9.59 Å². The molecule has 0 aliphatic carbocycles. The number of carbonyl (C=O) groups is 2. The Bertz CT molecular complexity index is 277. The van der Waals surface area contributed by atoms with E-state index in [1.807, 2.05) is 4.90 Å². The topological polar surface area (TPSA) is 40.6 Å². The number of carbonyl (C=O) groups excluding carboxylic acids is 2. The predicted octanol–water partition coefficient (Wildman–Crippen LogP) is 0.139. The average molecular weight is 228 g/mol. The van der Waals surface area contributed by atoms with Gasteiger partial charge < -0.3 is 9.80 Å². The normalized spacial score (nSPS) is 26.5. The second-order valence-corrected chi connectivity index (χ2v) is 4.95. The summed E-state index contributed by atoms with van der Waals surface area (Å²) >= 11 is 4.26. The molecule has 0 aromatic heterocycles. The Morgan fingerprint density at radius 2 is 2.07 bits per heavy atom. The third-order valence-electron chi connectivity index (χ3n) is 2.98. The predicted molar refractivity (Wildman–Crippen MR) is 59.8 cm³/mol. The minimum Gasteiger partial charge on any atom is -0.341 e. The van der Waals surface area contributed by atoms with Gasteiger partial charge in [0, 0.05) is 31.3 Å². The van der Waals surface area contributed by atoms with E-state index >= 15 is 0 Å². The third-order valence-corrected chi connectivity index (χ3v) is 3.32. The first kappa shape index (κ1) is 10.8. The molecule has 1 atom stereocenters. The molecule has 0 aromatic rings. The van der Waals surface area contributed by atoms with Crippen LogP contribution < -0.4 is 0 Å². The fourth-order valence-corrected chi connectivity index (χ4v) is 2.49. The molecule has 0 saturated carbocycles. The van der Waals surface area contributed by atoms with Crippen molar-refractivity contribution in [1.82, 2.24) is 9.80 Å². The zero-order chi connectivity index (χ0) is 10.8. The first-order valence-electron chi connectivity index (χ1n) is 5.40. The van der Waals surface area contributed by atoms with Crippen LogP contribution in [-0.4, -0.2) is 53.0 Å². The third kappa shape index (κ3) is 2.45. The van der Waals surface area contributed by atoms with Gasteiger partial charge in [0.25, 0.3) is 0 Å². The summed E-state index contributed by atoms with van der Waals surface area (Å²) in [5, 5.41) is 0.101. The van der Waals surface area contributed by atoms with E-state index in [1.54, 1.807) is 4.90 Å². The van der Waals surface area contributed by atoms with E-state index in [2.05, 4.69) is 12.6 Å². The van der Waals surface area contributed by atoms with Crippen molar-refractivity contribution < 1.29 is 9.59 Å². The molecule has 2 heterocycles. The molecule has 0 aromatic carbocycles. The summed E-state index contributed by atoms with van der Waals surface area (Å²) in [4.78, 5) is 26.7. The highest BCUT2D eigenvalue weighted by atomic mass is 32.1. The molecule has 84 valence electrons. The quantitative estimate of drug-likeness (QED) is 0.683. The van der Waals surface area contributed by atoms with Crippen molar-refractivity contribution in [3.8, 4) is 0 Å².